The van der Waals surface area contributed by atoms with Gasteiger partial charge in [0, 0.05) is 30.4 Å². The van der Waals surface area contributed by atoms with E-state index in [1.54, 1.807) is 35.4 Å². The maximum atomic E-state index is 11.8. The number of amides is 2. The van der Waals surface area contributed by atoms with Crippen molar-refractivity contribution in [1.29, 1.82) is 0 Å². The van der Waals surface area contributed by atoms with Crippen LogP contribution in [0.2, 0.25) is 0 Å². The van der Waals surface area contributed by atoms with Gasteiger partial charge in [-0.3, -0.25) is 9.59 Å². The van der Waals surface area contributed by atoms with Gasteiger partial charge in [0.2, 0.25) is 5.91 Å². The van der Waals surface area contributed by atoms with E-state index >= 15 is 0 Å². The largest absolute Gasteiger partial charge is 0.312 e. The molecule has 0 spiro atoms. The summed E-state index contributed by atoms with van der Waals surface area (Å²) >= 11 is 0. The maximum absolute atomic E-state index is 11.8. The third-order valence-electron chi connectivity index (χ3n) is 3.19. The number of rotatable bonds is 5. The smallest absolute Gasteiger partial charge is 0.271 e. The molecule has 5 heteroatoms. The zero-order chi connectivity index (χ0) is 14.4. The summed E-state index contributed by atoms with van der Waals surface area (Å²) in [6.45, 7) is 2.80. The molecule has 1 aromatic rings. The molecule has 0 aromatic heterocycles. The molecule has 2 rings (SSSR count). The van der Waals surface area contributed by atoms with E-state index in [4.69, 9.17) is 0 Å². The van der Waals surface area contributed by atoms with Crippen LogP contribution in [0.5, 0.6) is 0 Å². The zero-order valence-electron chi connectivity index (χ0n) is 11.6. The van der Waals surface area contributed by atoms with E-state index in [1.807, 2.05) is 6.92 Å². The number of anilines is 1. The van der Waals surface area contributed by atoms with Gasteiger partial charge in [-0.1, -0.05) is 13.3 Å². The SMILES string of the molecule is CCC/C=N\NC(=O)c1ccc(N2CCCC2=O)cc1. The van der Waals surface area contributed by atoms with Crippen LogP contribution in [0, 0.1) is 0 Å². The van der Waals surface area contributed by atoms with Crippen molar-refractivity contribution in [2.75, 3.05) is 11.4 Å². The van der Waals surface area contributed by atoms with E-state index < -0.39 is 0 Å². The number of carbonyl (C=O) groups excluding carboxylic acids is 2. The molecule has 1 fully saturated rings. The summed E-state index contributed by atoms with van der Waals surface area (Å²) in [7, 11) is 0. The summed E-state index contributed by atoms with van der Waals surface area (Å²) in [5.41, 5.74) is 3.86. The quantitative estimate of drug-likeness (QED) is 0.661. The molecule has 2 amide bonds. The summed E-state index contributed by atoms with van der Waals surface area (Å²) in [5, 5.41) is 3.86. The molecule has 0 aliphatic carbocycles. The second kappa shape index (κ2) is 6.84. The molecular weight excluding hydrogens is 254 g/mol. The third kappa shape index (κ3) is 3.44. The first kappa shape index (κ1) is 14.2. The van der Waals surface area contributed by atoms with E-state index in [2.05, 4.69) is 10.5 Å². The van der Waals surface area contributed by atoms with Crippen molar-refractivity contribution in [2.45, 2.75) is 32.6 Å². The van der Waals surface area contributed by atoms with Gasteiger partial charge in [-0.2, -0.15) is 5.10 Å². The highest BCUT2D eigenvalue weighted by Crippen LogP contribution is 2.21. The molecule has 1 aliphatic rings. The van der Waals surface area contributed by atoms with Crippen molar-refractivity contribution in [2.24, 2.45) is 5.10 Å². The highest BCUT2D eigenvalue weighted by atomic mass is 16.2. The molecule has 1 heterocycles. The van der Waals surface area contributed by atoms with Gasteiger partial charge in [0.1, 0.15) is 0 Å². The summed E-state index contributed by atoms with van der Waals surface area (Å²) < 4.78 is 0. The number of unbranched alkanes of at least 4 members (excludes halogenated alkanes) is 1. The lowest BCUT2D eigenvalue weighted by molar-refractivity contribution is -0.117. The molecule has 5 nitrogen and oxygen atoms in total. The summed E-state index contributed by atoms with van der Waals surface area (Å²) in [6, 6.07) is 7.03. The second-order valence-corrected chi connectivity index (χ2v) is 4.74. The summed E-state index contributed by atoms with van der Waals surface area (Å²) in [4.78, 5) is 25.2. The Balaban J connectivity index is 1.97. The van der Waals surface area contributed by atoms with Crippen LogP contribution in [0.15, 0.2) is 29.4 Å². The Hall–Kier alpha value is -2.17. The Bertz CT molecular complexity index is 508. The lowest BCUT2D eigenvalue weighted by atomic mass is 10.2. The van der Waals surface area contributed by atoms with Crippen molar-refractivity contribution in [1.82, 2.24) is 5.43 Å². The maximum Gasteiger partial charge on any atom is 0.271 e. The van der Waals surface area contributed by atoms with Crippen LogP contribution >= 0.6 is 0 Å². The van der Waals surface area contributed by atoms with Crippen molar-refractivity contribution < 1.29 is 9.59 Å². The minimum atomic E-state index is -0.239. The average molecular weight is 273 g/mol. The Kier molecular flexibility index (Phi) is 4.87. The number of hydrogen-bond acceptors (Lipinski definition) is 3. The van der Waals surface area contributed by atoms with E-state index in [0.29, 0.717) is 12.0 Å². The second-order valence-electron chi connectivity index (χ2n) is 4.74. The van der Waals surface area contributed by atoms with Crippen molar-refractivity contribution in [3.05, 3.63) is 29.8 Å². The fourth-order valence-corrected chi connectivity index (χ4v) is 2.08. The van der Waals surface area contributed by atoms with Crippen LogP contribution in [0.3, 0.4) is 0 Å². The van der Waals surface area contributed by atoms with Crippen LogP contribution in [0.1, 0.15) is 43.0 Å². The fourth-order valence-electron chi connectivity index (χ4n) is 2.08. The first-order valence-corrected chi connectivity index (χ1v) is 6.94. The lowest BCUT2D eigenvalue weighted by Crippen LogP contribution is -2.24. The molecule has 0 atom stereocenters. The molecule has 0 unspecified atom stereocenters. The van der Waals surface area contributed by atoms with Gasteiger partial charge in [0.05, 0.1) is 0 Å². The van der Waals surface area contributed by atoms with Crippen molar-refractivity contribution in [3.8, 4) is 0 Å². The number of nitrogens with zero attached hydrogens (tertiary/aromatic N) is 2. The fraction of sp³-hybridized carbons (Fsp3) is 0.400. The van der Waals surface area contributed by atoms with E-state index in [-0.39, 0.29) is 11.8 Å². The number of carbonyl (C=O) groups is 2. The van der Waals surface area contributed by atoms with E-state index in [0.717, 1.165) is 31.5 Å². The van der Waals surface area contributed by atoms with Gasteiger partial charge >= 0.3 is 0 Å². The van der Waals surface area contributed by atoms with Gasteiger partial charge in [-0.25, -0.2) is 5.43 Å². The Labute approximate surface area is 118 Å². The highest BCUT2D eigenvalue weighted by molar-refractivity contribution is 5.97. The summed E-state index contributed by atoms with van der Waals surface area (Å²) in [5.74, 6) is -0.0944. The molecule has 0 bridgehead atoms. The van der Waals surface area contributed by atoms with E-state index in [1.165, 1.54) is 0 Å². The predicted molar refractivity (Wildman–Crippen MR) is 78.9 cm³/mol. The van der Waals surface area contributed by atoms with Crippen LogP contribution < -0.4 is 10.3 Å². The van der Waals surface area contributed by atoms with Crippen molar-refractivity contribution >= 4 is 23.7 Å². The first-order valence-electron chi connectivity index (χ1n) is 6.94. The Morgan fingerprint density at radius 1 is 1.40 bits per heavy atom. The standard InChI is InChI=1S/C15H19N3O2/c1-2-3-10-16-17-15(20)12-6-8-13(9-7-12)18-11-4-5-14(18)19/h6-10H,2-5,11H2,1H3,(H,17,20)/b16-10-. The number of nitrogens with one attached hydrogen (secondary N) is 1. The molecule has 0 radical (unpaired) electrons. The van der Waals surface area contributed by atoms with Gasteiger partial charge in [0.15, 0.2) is 0 Å². The number of hydrazone groups is 1. The number of hydrogen-bond donors (Lipinski definition) is 1. The van der Waals surface area contributed by atoms with Crippen LogP contribution in [0.4, 0.5) is 5.69 Å². The molecule has 1 aromatic carbocycles. The Morgan fingerprint density at radius 2 is 2.15 bits per heavy atom. The molecular formula is C15H19N3O2. The van der Waals surface area contributed by atoms with Crippen LogP contribution in [0.25, 0.3) is 0 Å². The van der Waals surface area contributed by atoms with Crippen molar-refractivity contribution in [3.63, 3.8) is 0 Å². The molecule has 0 saturated carbocycles. The molecule has 106 valence electrons. The molecule has 20 heavy (non-hydrogen) atoms. The van der Waals surface area contributed by atoms with E-state index in [9.17, 15) is 9.59 Å². The lowest BCUT2D eigenvalue weighted by Gasteiger charge is -2.15. The molecule has 1 N–H and O–H groups in total. The predicted octanol–water partition coefficient (Wildman–Crippen LogP) is 2.33. The number of benzene rings is 1. The third-order valence-corrected chi connectivity index (χ3v) is 3.19. The van der Waals surface area contributed by atoms with Crippen LogP contribution in [-0.2, 0) is 4.79 Å². The summed E-state index contributed by atoms with van der Waals surface area (Å²) in [6.07, 6.45) is 5.03. The topological polar surface area (TPSA) is 61.8 Å². The first-order chi connectivity index (χ1) is 9.72. The minimum absolute atomic E-state index is 0.145. The minimum Gasteiger partial charge on any atom is -0.312 e. The van der Waals surface area contributed by atoms with Gasteiger partial charge in [0.25, 0.3) is 5.91 Å². The van der Waals surface area contributed by atoms with Gasteiger partial charge in [-0.15, -0.1) is 0 Å². The zero-order valence-corrected chi connectivity index (χ0v) is 11.6. The van der Waals surface area contributed by atoms with Gasteiger partial charge in [-0.05, 0) is 37.1 Å². The van der Waals surface area contributed by atoms with Gasteiger partial charge < -0.3 is 4.90 Å². The average Bonchev–Trinajstić information content (AvgIpc) is 2.90. The Morgan fingerprint density at radius 3 is 2.75 bits per heavy atom. The normalized spacial score (nSPS) is 15.1. The molecule has 1 aliphatic heterocycles. The van der Waals surface area contributed by atoms with Crippen LogP contribution in [-0.4, -0.2) is 24.6 Å². The highest BCUT2D eigenvalue weighted by Gasteiger charge is 2.21. The monoisotopic (exact) mass is 273 g/mol. The molecule has 1 saturated heterocycles.